The van der Waals surface area contributed by atoms with Crippen molar-refractivity contribution in [3.63, 3.8) is 0 Å². The first-order valence-corrected chi connectivity index (χ1v) is 10.7. The van der Waals surface area contributed by atoms with Gasteiger partial charge >= 0.3 is 0 Å². The van der Waals surface area contributed by atoms with Crippen molar-refractivity contribution < 1.29 is 23.8 Å². The molecule has 0 bridgehead atoms. The number of hydrogen-bond donors (Lipinski definition) is 1. The second-order valence-corrected chi connectivity index (χ2v) is 7.65. The normalized spacial score (nSPS) is 14.6. The van der Waals surface area contributed by atoms with Crippen molar-refractivity contribution in [1.29, 1.82) is 0 Å². The van der Waals surface area contributed by atoms with Crippen LogP contribution in [0.5, 0.6) is 17.2 Å². The lowest BCUT2D eigenvalue weighted by molar-refractivity contribution is -0.128. The summed E-state index contributed by atoms with van der Waals surface area (Å²) in [5, 5.41) is 2.90. The zero-order chi connectivity index (χ0) is 23.2. The van der Waals surface area contributed by atoms with E-state index in [9.17, 15) is 9.59 Å². The molecule has 0 aromatic heterocycles. The van der Waals surface area contributed by atoms with Crippen LogP contribution in [-0.2, 0) is 22.6 Å². The van der Waals surface area contributed by atoms with Crippen LogP contribution in [0.4, 0.5) is 5.69 Å². The minimum absolute atomic E-state index is 0.129. The van der Waals surface area contributed by atoms with Crippen molar-refractivity contribution in [3.05, 3.63) is 83.9 Å². The van der Waals surface area contributed by atoms with E-state index in [0.29, 0.717) is 29.5 Å². The number of anilines is 1. The molecule has 1 aliphatic rings. The summed E-state index contributed by atoms with van der Waals surface area (Å²) in [6.45, 7) is 0.518. The summed E-state index contributed by atoms with van der Waals surface area (Å²) in [5.74, 6) is 1.25. The quantitative estimate of drug-likeness (QED) is 0.602. The van der Waals surface area contributed by atoms with Crippen LogP contribution < -0.4 is 24.4 Å². The molecule has 170 valence electrons. The Balaban J connectivity index is 1.50. The fraction of sp³-hybridized carbons (Fsp3) is 0.231. The molecular formula is C26H26N2O5. The van der Waals surface area contributed by atoms with Crippen molar-refractivity contribution >= 4 is 17.5 Å². The van der Waals surface area contributed by atoms with Crippen molar-refractivity contribution in [2.24, 2.45) is 0 Å². The van der Waals surface area contributed by atoms with Gasteiger partial charge < -0.3 is 24.4 Å². The Morgan fingerprint density at radius 1 is 0.939 bits per heavy atom. The summed E-state index contributed by atoms with van der Waals surface area (Å²) in [5.41, 5.74) is 2.42. The Bertz CT molecular complexity index is 1130. The van der Waals surface area contributed by atoms with E-state index in [1.54, 1.807) is 37.3 Å². The van der Waals surface area contributed by atoms with E-state index in [4.69, 9.17) is 14.2 Å². The molecule has 0 aliphatic carbocycles. The maximum atomic E-state index is 13.3. The predicted molar refractivity (Wildman–Crippen MR) is 125 cm³/mol. The molecule has 1 N–H and O–H groups in total. The zero-order valence-corrected chi connectivity index (χ0v) is 18.6. The number of methoxy groups -OCH3 is 2. The standard InChI is InChI=1S/C26H26N2O5/c1-31-22-13-12-19(14-23(22)32-2)15-25(29)28-17-24(33-21-11-7-6-10-20(21)28)26(30)27-16-18-8-4-3-5-9-18/h3-14,24H,15-17H2,1-2H3,(H,27,30)/t24-/m1/s1. The number of amides is 2. The lowest BCUT2D eigenvalue weighted by Gasteiger charge is -2.34. The fourth-order valence-corrected chi connectivity index (χ4v) is 3.77. The lowest BCUT2D eigenvalue weighted by atomic mass is 10.1. The number of fused-ring (bicyclic) bond motifs is 1. The van der Waals surface area contributed by atoms with Crippen LogP contribution in [0.25, 0.3) is 0 Å². The maximum absolute atomic E-state index is 13.3. The minimum Gasteiger partial charge on any atom is -0.493 e. The topological polar surface area (TPSA) is 77.1 Å². The number of para-hydroxylation sites is 2. The minimum atomic E-state index is -0.807. The number of nitrogens with zero attached hydrogens (tertiary/aromatic N) is 1. The van der Waals surface area contributed by atoms with Crippen molar-refractivity contribution in [2.75, 3.05) is 25.7 Å². The number of hydrogen-bond acceptors (Lipinski definition) is 5. The molecule has 1 aliphatic heterocycles. The van der Waals surface area contributed by atoms with Gasteiger partial charge in [0.25, 0.3) is 5.91 Å². The van der Waals surface area contributed by atoms with Crippen LogP contribution in [0.15, 0.2) is 72.8 Å². The first kappa shape index (κ1) is 22.2. The number of carbonyl (C=O) groups excluding carboxylic acids is 2. The molecule has 4 rings (SSSR count). The number of ether oxygens (including phenoxy) is 3. The van der Waals surface area contributed by atoms with Crippen molar-refractivity contribution in [1.82, 2.24) is 5.32 Å². The summed E-state index contributed by atoms with van der Waals surface area (Å²) in [6, 6.07) is 22.3. The van der Waals surface area contributed by atoms with Crippen LogP contribution >= 0.6 is 0 Å². The number of nitrogens with one attached hydrogen (secondary N) is 1. The third kappa shape index (κ3) is 5.09. The molecule has 0 saturated carbocycles. The highest BCUT2D eigenvalue weighted by Gasteiger charge is 2.33. The van der Waals surface area contributed by atoms with Gasteiger partial charge in [0, 0.05) is 6.54 Å². The van der Waals surface area contributed by atoms with Gasteiger partial charge in [0.15, 0.2) is 17.6 Å². The molecule has 1 heterocycles. The fourth-order valence-electron chi connectivity index (χ4n) is 3.77. The van der Waals surface area contributed by atoms with E-state index in [2.05, 4.69) is 5.32 Å². The Kier molecular flexibility index (Phi) is 6.78. The Labute approximate surface area is 192 Å². The second kappa shape index (κ2) is 10.1. The lowest BCUT2D eigenvalue weighted by Crippen LogP contribution is -2.51. The van der Waals surface area contributed by atoms with Gasteiger partial charge in [-0.1, -0.05) is 48.5 Å². The van der Waals surface area contributed by atoms with Crippen LogP contribution in [0.1, 0.15) is 11.1 Å². The monoisotopic (exact) mass is 446 g/mol. The van der Waals surface area contributed by atoms with Crippen molar-refractivity contribution in [2.45, 2.75) is 19.1 Å². The highest BCUT2D eigenvalue weighted by Crippen LogP contribution is 2.34. The van der Waals surface area contributed by atoms with E-state index in [1.165, 1.54) is 0 Å². The molecule has 0 spiro atoms. The molecule has 0 saturated heterocycles. The Hall–Kier alpha value is -4.00. The number of benzene rings is 3. The molecule has 0 fully saturated rings. The summed E-state index contributed by atoms with van der Waals surface area (Å²) < 4.78 is 16.6. The smallest absolute Gasteiger partial charge is 0.263 e. The van der Waals surface area contributed by atoms with Gasteiger partial charge in [-0.05, 0) is 35.4 Å². The summed E-state index contributed by atoms with van der Waals surface area (Å²) in [7, 11) is 3.12. The average molecular weight is 447 g/mol. The molecule has 3 aromatic carbocycles. The third-order valence-electron chi connectivity index (χ3n) is 5.48. The predicted octanol–water partition coefficient (Wildman–Crippen LogP) is 3.36. The number of carbonyl (C=O) groups is 2. The van der Waals surface area contributed by atoms with E-state index in [-0.39, 0.29) is 24.8 Å². The zero-order valence-electron chi connectivity index (χ0n) is 18.6. The molecule has 7 heteroatoms. The second-order valence-electron chi connectivity index (χ2n) is 7.65. The van der Waals surface area contributed by atoms with Gasteiger partial charge in [-0.15, -0.1) is 0 Å². The number of rotatable bonds is 7. The van der Waals surface area contributed by atoms with Gasteiger partial charge in [-0.3, -0.25) is 9.59 Å². The molecule has 7 nitrogen and oxygen atoms in total. The molecule has 2 amide bonds. The molecule has 0 unspecified atom stereocenters. The molecule has 0 radical (unpaired) electrons. The summed E-state index contributed by atoms with van der Waals surface area (Å²) >= 11 is 0. The molecule has 1 atom stereocenters. The van der Waals surface area contributed by atoms with Gasteiger partial charge in [0.05, 0.1) is 32.9 Å². The van der Waals surface area contributed by atoms with Crippen LogP contribution in [0.2, 0.25) is 0 Å². The van der Waals surface area contributed by atoms with Gasteiger partial charge in [0.1, 0.15) is 5.75 Å². The SMILES string of the molecule is COc1ccc(CC(=O)N2C[C@H](C(=O)NCc3ccccc3)Oc3ccccc32)cc1OC. The first-order chi connectivity index (χ1) is 16.1. The molecular weight excluding hydrogens is 420 g/mol. The summed E-state index contributed by atoms with van der Waals surface area (Å²) in [4.78, 5) is 27.8. The third-order valence-corrected chi connectivity index (χ3v) is 5.48. The highest BCUT2D eigenvalue weighted by molar-refractivity contribution is 5.98. The van der Waals surface area contributed by atoms with Gasteiger partial charge in [-0.25, -0.2) is 0 Å². The Morgan fingerprint density at radius 3 is 2.42 bits per heavy atom. The van der Waals surface area contributed by atoms with Crippen LogP contribution in [-0.4, -0.2) is 38.7 Å². The average Bonchev–Trinajstić information content (AvgIpc) is 2.87. The van der Waals surface area contributed by atoms with E-state index >= 15 is 0 Å². The maximum Gasteiger partial charge on any atom is 0.263 e. The highest BCUT2D eigenvalue weighted by atomic mass is 16.5. The largest absolute Gasteiger partial charge is 0.493 e. The van der Waals surface area contributed by atoms with E-state index < -0.39 is 6.10 Å². The van der Waals surface area contributed by atoms with Gasteiger partial charge in [0.2, 0.25) is 5.91 Å². The summed E-state index contributed by atoms with van der Waals surface area (Å²) in [6.07, 6.45) is -0.662. The van der Waals surface area contributed by atoms with Crippen LogP contribution in [0, 0.1) is 0 Å². The van der Waals surface area contributed by atoms with Gasteiger partial charge in [-0.2, -0.15) is 0 Å². The Morgan fingerprint density at radius 2 is 1.67 bits per heavy atom. The van der Waals surface area contributed by atoms with E-state index in [1.807, 2.05) is 54.6 Å². The molecule has 33 heavy (non-hydrogen) atoms. The molecule has 3 aromatic rings. The van der Waals surface area contributed by atoms with Crippen LogP contribution in [0.3, 0.4) is 0 Å². The van der Waals surface area contributed by atoms with E-state index in [0.717, 1.165) is 11.1 Å². The first-order valence-electron chi connectivity index (χ1n) is 10.7. The van der Waals surface area contributed by atoms with Crippen molar-refractivity contribution in [3.8, 4) is 17.2 Å².